The van der Waals surface area contributed by atoms with Gasteiger partial charge in [0.2, 0.25) is 0 Å². The molecule has 0 spiro atoms. The lowest BCUT2D eigenvalue weighted by atomic mass is 10.1. The highest BCUT2D eigenvalue weighted by molar-refractivity contribution is 8.05. The summed E-state index contributed by atoms with van der Waals surface area (Å²) in [7, 11) is 2.19. The number of hydrogen-bond donors (Lipinski definition) is 0. The van der Waals surface area contributed by atoms with Crippen molar-refractivity contribution in [3.63, 3.8) is 0 Å². The average Bonchev–Trinajstić information content (AvgIpc) is 2.14. The molecule has 0 saturated carbocycles. The summed E-state index contributed by atoms with van der Waals surface area (Å²) in [5, 5.41) is 0.898. The molecule has 1 rings (SSSR count). The summed E-state index contributed by atoms with van der Waals surface area (Å²) >= 11 is 2.03. The van der Waals surface area contributed by atoms with Gasteiger partial charge in [-0.2, -0.15) is 0 Å². The highest BCUT2D eigenvalue weighted by Crippen LogP contribution is 2.31. The summed E-state index contributed by atoms with van der Waals surface area (Å²) in [5.74, 6) is 0. The second-order valence-corrected chi connectivity index (χ2v) is 3.74. The normalized spacial score (nSPS) is 28.1. The van der Waals surface area contributed by atoms with E-state index in [9.17, 15) is 0 Å². The van der Waals surface area contributed by atoms with Gasteiger partial charge in [0.1, 0.15) is 7.85 Å². The molecule has 1 heterocycles. The SMILES string of the molecule is BC1=CCC(CC)S1. The summed E-state index contributed by atoms with van der Waals surface area (Å²) in [4.78, 5) is 1.51. The van der Waals surface area contributed by atoms with Gasteiger partial charge in [0.25, 0.3) is 0 Å². The zero-order valence-corrected chi connectivity index (χ0v) is 6.29. The van der Waals surface area contributed by atoms with Crippen LogP contribution < -0.4 is 0 Å². The first-order chi connectivity index (χ1) is 3.83. The molecule has 0 N–H and O–H groups in total. The van der Waals surface area contributed by atoms with Crippen molar-refractivity contribution < 1.29 is 0 Å². The lowest BCUT2D eigenvalue weighted by Crippen LogP contribution is -1.91. The van der Waals surface area contributed by atoms with Crippen LogP contribution >= 0.6 is 11.8 Å². The Labute approximate surface area is 56.1 Å². The van der Waals surface area contributed by atoms with Crippen LogP contribution in [0.3, 0.4) is 0 Å². The molecule has 0 aromatic heterocycles. The Hall–Kier alpha value is 0.155. The maximum atomic E-state index is 2.33. The minimum atomic E-state index is 0.898. The Kier molecular flexibility index (Phi) is 2.06. The summed E-state index contributed by atoms with van der Waals surface area (Å²) in [6, 6.07) is 0. The minimum absolute atomic E-state index is 0.898. The van der Waals surface area contributed by atoms with Crippen molar-refractivity contribution in [1.82, 2.24) is 0 Å². The molecule has 1 unspecified atom stereocenters. The molecule has 0 aliphatic carbocycles. The van der Waals surface area contributed by atoms with Crippen molar-refractivity contribution in [2.24, 2.45) is 0 Å². The summed E-state index contributed by atoms with van der Waals surface area (Å²) in [6.07, 6.45) is 4.95. The number of thioether (sulfide) groups is 1. The molecule has 0 nitrogen and oxygen atoms in total. The van der Waals surface area contributed by atoms with Gasteiger partial charge < -0.3 is 0 Å². The Morgan fingerprint density at radius 1 is 2.00 bits per heavy atom. The van der Waals surface area contributed by atoms with Crippen molar-refractivity contribution >= 4 is 19.6 Å². The summed E-state index contributed by atoms with van der Waals surface area (Å²) in [5.41, 5.74) is 0. The Morgan fingerprint density at radius 2 is 2.75 bits per heavy atom. The smallest absolute Gasteiger partial charge is 0.138 e. The fraction of sp³-hybridized carbons (Fsp3) is 0.667. The van der Waals surface area contributed by atoms with E-state index >= 15 is 0 Å². The van der Waals surface area contributed by atoms with Crippen LogP contribution in [0.2, 0.25) is 0 Å². The Morgan fingerprint density at radius 3 is 3.00 bits per heavy atom. The van der Waals surface area contributed by atoms with Crippen molar-refractivity contribution in [3.05, 3.63) is 10.9 Å². The first-order valence-electron chi connectivity index (χ1n) is 3.16. The van der Waals surface area contributed by atoms with Crippen LogP contribution in [-0.4, -0.2) is 13.1 Å². The van der Waals surface area contributed by atoms with E-state index < -0.39 is 0 Å². The summed E-state index contributed by atoms with van der Waals surface area (Å²) in [6.45, 7) is 2.25. The molecule has 0 saturated heterocycles. The van der Waals surface area contributed by atoms with Crippen molar-refractivity contribution in [2.45, 2.75) is 25.0 Å². The third-order valence-corrected chi connectivity index (χ3v) is 2.87. The molecular formula is C6H11BS. The standard InChI is InChI=1S/C6H11BS/c1-2-5-3-4-6(7)8-5/h4-5H,2-3,7H2,1H3. The monoisotopic (exact) mass is 126 g/mol. The lowest BCUT2D eigenvalue weighted by molar-refractivity contribution is 0.849. The second kappa shape index (κ2) is 2.63. The molecule has 0 bridgehead atoms. The number of rotatable bonds is 1. The quantitative estimate of drug-likeness (QED) is 0.478. The second-order valence-electron chi connectivity index (χ2n) is 2.20. The maximum absolute atomic E-state index is 2.33. The van der Waals surface area contributed by atoms with E-state index in [1.807, 2.05) is 11.8 Å². The van der Waals surface area contributed by atoms with E-state index in [4.69, 9.17) is 0 Å². The molecule has 0 radical (unpaired) electrons. The Balaban J connectivity index is 2.32. The van der Waals surface area contributed by atoms with Crippen molar-refractivity contribution in [2.75, 3.05) is 0 Å². The van der Waals surface area contributed by atoms with Crippen LogP contribution in [0.25, 0.3) is 0 Å². The molecule has 44 valence electrons. The highest BCUT2D eigenvalue weighted by atomic mass is 32.2. The molecule has 0 fully saturated rings. The third kappa shape index (κ3) is 1.31. The number of allylic oxidation sites excluding steroid dienone is 1. The van der Waals surface area contributed by atoms with Gasteiger partial charge in [0.15, 0.2) is 0 Å². The lowest BCUT2D eigenvalue weighted by Gasteiger charge is -2.02. The largest absolute Gasteiger partial charge is 0.147 e. The molecule has 1 aliphatic rings. The first-order valence-corrected chi connectivity index (χ1v) is 4.04. The third-order valence-electron chi connectivity index (χ3n) is 1.48. The maximum Gasteiger partial charge on any atom is 0.147 e. The van der Waals surface area contributed by atoms with Crippen molar-refractivity contribution in [3.8, 4) is 0 Å². The van der Waals surface area contributed by atoms with E-state index in [1.54, 1.807) is 0 Å². The van der Waals surface area contributed by atoms with E-state index in [0.717, 1.165) is 5.25 Å². The Bertz CT molecular complexity index is 109. The van der Waals surface area contributed by atoms with Gasteiger partial charge in [-0.3, -0.25) is 0 Å². The molecule has 0 amide bonds. The zero-order chi connectivity index (χ0) is 5.98. The predicted octanol–water partition coefficient (Wildman–Crippen LogP) is 1.38. The number of hydrogen-bond acceptors (Lipinski definition) is 1. The van der Waals surface area contributed by atoms with Crippen LogP contribution in [0.5, 0.6) is 0 Å². The van der Waals surface area contributed by atoms with Crippen LogP contribution in [0, 0.1) is 0 Å². The van der Waals surface area contributed by atoms with Gasteiger partial charge in [0.05, 0.1) is 0 Å². The van der Waals surface area contributed by atoms with E-state index in [1.165, 1.54) is 17.6 Å². The van der Waals surface area contributed by atoms with E-state index in [0.29, 0.717) is 0 Å². The molecule has 0 aromatic rings. The minimum Gasteiger partial charge on any atom is -0.138 e. The molecule has 2 heteroatoms. The van der Waals surface area contributed by atoms with Crippen LogP contribution in [-0.2, 0) is 0 Å². The molecule has 1 atom stereocenters. The first kappa shape index (κ1) is 6.28. The molecule has 8 heavy (non-hydrogen) atoms. The van der Waals surface area contributed by atoms with Gasteiger partial charge in [-0.1, -0.05) is 17.8 Å². The van der Waals surface area contributed by atoms with Crippen molar-refractivity contribution in [1.29, 1.82) is 0 Å². The zero-order valence-electron chi connectivity index (χ0n) is 5.48. The highest BCUT2D eigenvalue weighted by Gasteiger charge is 2.11. The average molecular weight is 126 g/mol. The molecular weight excluding hydrogens is 115 g/mol. The molecule has 1 aliphatic heterocycles. The molecule has 0 aromatic carbocycles. The van der Waals surface area contributed by atoms with E-state index in [-0.39, 0.29) is 0 Å². The fourth-order valence-corrected chi connectivity index (χ4v) is 1.98. The van der Waals surface area contributed by atoms with E-state index in [2.05, 4.69) is 20.8 Å². The van der Waals surface area contributed by atoms with Gasteiger partial charge in [-0.15, -0.1) is 11.8 Å². The van der Waals surface area contributed by atoms with Crippen LogP contribution in [0.4, 0.5) is 0 Å². The van der Waals surface area contributed by atoms with Gasteiger partial charge in [-0.25, -0.2) is 0 Å². The van der Waals surface area contributed by atoms with Crippen LogP contribution in [0.15, 0.2) is 10.9 Å². The summed E-state index contributed by atoms with van der Waals surface area (Å²) < 4.78 is 0. The van der Waals surface area contributed by atoms with Gasteiger partial charge >= 0.3 is 0 Å². The fourth-order valence-electron chi connectivity index (χ4n) is 0.907. The van der Waals surface area contributed by atoms with Crippen LogP contribution in [0.1, 0.15) is 19.8 Å². The topological polar surface area (TPSA) is 0 Å². The van der Waals surface area contributed by atoms with Gasteiger partial charge in [-0.05, 0) is 12.8 Å². The van der Waals surface area contributed by atoms with Gasteiger partial charge in [0, 0.05) is 5.25 Å². The predicted molar refractivity (Wildman–Crippen MR) is 42.9 cm³/mol.